The fourth-order valence-electron chi connectivity index (χ4n) is 3.62. The van der Waals surface area contributed by atoms with E-state index in [4.69, 9.17) is 0 Å². The predicted molar refractivity (Wildman–Crippen MR) is 114 cm³/mol. The number of nitrogens with zero attached hydrogens (tertiary/aromatic N) is 2. The van der Waals surface area contributed by atoms with Crippen molar-refractivity contribution in [2.24, 2.45) is 0 Å². The van der Waals surface area contributed by atoms with Gasteiger partial charge in [0, 0.05) is 31.2 Å². The highest BCUT2D eigenvalue weighted by molar-refractivity contribution is 5.82. The summed E-state index contributed by atoms with van der Waals surface area (Å²) in [5.74, 6) is 0. The Kier molecular flexibility index (Phi) is 5.76. The first-order valence-electron chi connectivity index (χ1n) is 9.61. The molecule has 1 N–H and O–H groups in total. The quantitative estimate of drug-likeness (QED) is 0.500. The third-order valence-corrected chi connectivity index (χ3v) is 4.97. The molecule has 1 aromatic heterocycles. The monoisotopic (exact) mass is 368 g/mol. The van der Waals surface area contributed by atoms with Crippen molar-refractivity contribution in [1.29, 1.82) is 0 Å². The van der Waals surface area contributed by atoms with Crippen LogP contribution in [-0.4, -0.2) is 21.5 Å². The molecule has 3 aromatic carbocycles. The minimum atomic E-state index is -0.583. The van der Waals surface area contributed by atoms with Gasteiger partial charge in [-0.3, -0.25) is 9.88 Å². The molecule has 0 radical (unpaired) electrons. The van der Waals surface area contributed by atoms with Gasteiger partial charge in [-0.2, -0.15) is 0 Å². The lowest BCUT2D eigenvalue weighted by Crippen LogP contribution is -2.28. The molecule has 0 amide bonds. The lowest BCUT2D eigenvalue weighted by Gasteiger charge is -2.26. The number of hydrogen-bond donors (Lipinski definition) is 1. The first kappa shape index (κ1) is 18.4. The number of rotatable bonds is 7. The van der Waals surface area contributed by atoms with Crippen LogP contribution in [0.25, 0.3) is 10.9 Å². The molecular formula is C25H24N2O. The predicted octanol–water partition coefficient (Wildman–Crippen LogP) is 4.97. The molecule has 0 spiro atoms. The van der Waals surface area contributed by atoms with E-state index in [9.17, 15) is 5.11 Å². The van der Waals surface area contributed by atoms with E-state index in [0.717, 1.165) is 29.6 Å². The molecule has 4 aromatic rings. The van der Waals surface area contributed by atoms with E-state index in [1.807, 2.05) is 42.5 Å². The topological polar surface area (TPSA) is 36.4 Å². The Morgan fingerprint density at radius 1 is 0.714 bits per heavy atom. The zero-order valence-corrected chi connectivity index (χ0v) is 15.8. The van der Waals surface area contributed by atoms with Gasteiger partial charge in [-0.05, 0) is 28.8 Å². The maximum absolute atomic E-state index is 11.1. The standard InChI is InChI=1S/C25H24N2O/c28-25(23-15-16-26-24-14-8-7-13-22(23)24)19-27(17-20-9-3-1-4-10-20)18-21-11-5-2-6-12-21/h1-16,25,28H,17-19H2. The Hall–Kier alpha value is -3.01. The average Bonchev–Trinajstić information content (AvgIpc) is 2.74. The molecule has 0 fully saturated rings. The van der Waals surface area contributed by atoms with Crippen LogP contribution >= 0.6 is 0 Å². The van der Waals surface area contributed by atoms with E-state index >= 15 is 0 Å². The zero-order valence-electron chi connectivity index (χ0n) is 15.8. The number of benzene rings is 3. The van der Waals surface area contributed by atoms with Crippen LogP contribution in [0.3, 0.4) is 0 Å². The van der Waals surface area contributed by atoms with Gasteiger partial charge in [-0.25, -0.2) is 0 Å². The Labute approximate surface area is 165 Å². The second-order valence-electron chi connectivity index (χ2n) is 7.07. The van der Waals surface area contributed by atoms with E-state index in [0.29, 0.717) is 6.54 Å². The van der Waals surface area contributed by atoms with Crippen LogP contribution in [-0.2, 0) is 13.1 Å². The lowest BCUT2D eigenvalue weighted by atomic mass is 10.0. The molecule has 0 bridgehead atoms. The molecule has 28 heavy (non-hydrogen) atoms. The van der Waals surface area contributed by atoms with E-state index in [1.54, 1.807) is 6.20 Å². The maximum Gasteiger partial charge on any atom is 0.0924 e. The minimum Gasteiger partial charge on any atom is -0.387 e. The Morgan fingerprint density at radius 3 is 1.93 bits per heavy atom. The average molecular weight is 368 g/mol. The van der Waals surface area contributed by atoms with Crippen LogP contribution in [0.1, 0.15) is 22.8 Å². The normalized spacial score (nSPS) is 12.4. The highest BCUT2D eigenvalue weighted by Crippen LogP contribution is 2.24. The van der Waals surface area contributed by atoms with Crippen LogP contribution in [0.4, 0.5) is 0 Å². The summed E-state index contributed by atoms with van der Waals surface area (Å²) in [7, 11) is 0. The molecule has 3 nitrogen and oxygen atoms in total. The molecule has 0 aliphatic heterocycles. The van der Waals surface area contributed by atoms with Crippen molar-refractivity contribution < 1.29 is 5.11 Å². The van der Waals surface area contributed by atoms with Crippen molar-refractivity contribution in [1.82, 2.24) is 9.88 Å². The molecule has 0 aliphatic carbocycles. The van der Waals surface area contributed by atoms with Gasteiger partial charge < -0.3 is 5.11 Å². The number of para-hydroxylation sites is 1. The largest absolute Gasteiger partial charge is 0.387 e. The van der Waals surface area contributed by atoms with E-state index in [2.05, 4.69) is 58.4 Å². The van der Waals surface area contributed by atoms with E-state index in [-0.39, 0.29) is 0 Å². The molecule has 140 valence electrons. The van der Waals surface area contributed by atoms with Crippen molar-refractivity contribution >= 4 is 10.9 Å². The fraction of sp³-hybridized carbons (Fsp3) is 0.160. The van der Waals surface area contributed by atoms with Gasteiger partial charge in [0.05, 0.1) is 11.6 Å². The van der Waals surface area contributed by atoms with Crippen molar-refractivity contribution in [3.63, 3.8) is 0 Å². The van der Waals surface area contributed by atoms with Crippen molar-refractivity contribution in [2.75, 3.05) is 6.54 Å². The van der Waals surface area contributed by atoms with Gasteiger partial charge in [0.1, 0.15) is 0 Å². The van der Waals surface area contributed by atoms with Gasteiger partial charge >= 0.3 is 0 Å². The molecule has 3 heteroatoms. The van der Waals surface area contributed by atoms with Gasteiger partial charge in [0.15, 0.2) is 0 Å². The van der Waals surface area contributed by atoms with Gasteiger partial charge in [0.25, 0.3) is 0 Å². The maximum atomic E-state index is 11.1. The summed E-state index contributed by atoms with van der Waals surface area (Å²) in [4.78, 5) is 6.71. The van der Waals surface area contributed by atoms with Crippen LogP contribution in [0.2, 0.25) is 0 Å². The van der Waals surface area contributed by atoms with E-state index in [1.165, 1.54) is 11.1 Å². The highest BCUT2D eigenvalue weighted by Gasteiger charge is 2.17. The molecule has 1 atom stereocenters. The highest BCUT2D eigenvalue weighted by atomic mass is 16.3. The first-order valence-corrected chi connectivity index (χ1v) is 9.61. The minimum absolute atomic E-state index is 0.553. The summed E-state index contributed by atoms with van der Waals surface area (Å²) in [6.07, 6.45) is 1.19. The van der Waals surface area contributed by atoms with Crippen molar-refractivity contribution in [2.45, 2.75) is 19.2 Å². The number of pyridine rings is 1. The number of aliphatic hydroxyl groups is 1. The van der Waals surface area contributed by atoms with Crippen molar-refractivity contribution in [3.05, 3.63) is 114 Å². The number of fused-ring (bicyclic) bond motifs is 1. The Morgan fingerprint density at radius 2 is 1.29 bits per heavy atom. The van der Waals surface area contributed by atoms with Gasteiger partial charge in [-0.15, -0.1) is 0 Å². The summed E-state index contributed by atoms with van der Waals surface area (Å²) >= 11 is 0. The summed E-state index contributed by atoms with van der Waals surface area (Å²) in [6, 6.07) is 30.7. The summed E-state index contributed by atoms with van der Waals surface area (Å²) in [5, 5.41) is 12.1. The van der Waals surface area contributed by atoms with Crippen LogP contribution in [0.5, 0.6) is 0 Å². The number of aromatic nitrogens is 1. The third-order valence-electron chi connectivity index (χ3n) is 4.97. The molecule has 0 saturated carbocycles. The molecule has 1 unspecified atom stereocenters. The molecule has 4 rings (SSSR count). The summed E-state index contributed by atoms with van der Waals surface area (Å²) in [6.45, 7) is 2.13. The second kappa shape index (κ2) is 8.79. The third kappa shape index (κ3) is 4.45. The summed E-state index contributed by atoms with van der Waals surface area (Å²) in [5.41, 5.74) is 4.32. The molecule has 0 aliphatic rings. The van der Waals surface area contributed by atoms with Gasteiger partial charge in [-0.1, -0.05) is 78.9 Å². The van der Waals surface area contributed by atoms with Crippen LogP contribution < -0.4 is 0 Å². The molecular weight excluding hydrogens is 344 g/mol. The second-order valence-corrected chi connectivity index (χ2v) is 7.07. The first-order chi connectivity index (χ1) is 13.8. The number of hydrogen-bond acceptors (Lipinski definition) is 3. The van der Waals surface area contributed by atoms with Gasteiger partial charge in [0.2, 0.25) is 0 Å². The lowest BCUT2D eigenvalue weighted by molar-refractivity contribution is 0.106. The van der Waals surface area contributed by atoms with E-state index < -0.39 is 6.10 Å². The van der Waals surface area contributed by atoms with Crippen molar-refractivity contribution in [3.8, 4) is 0 Å². The van der Waals surface area contributed by atoms with Crippen LogP contribution in [0, 0.1) is 0 Å². The zero-order chi connectivity index (χ0) is 19.2. The smallest absolute Gasteiger partial charge is 0.0924 e. The Bertz CT molecular complexity index is 971. The molecule has 1 heterocycles. The fourth-order valence-corrected chi connectivity index (χ4v) is 3.62. The summed E-state index contributed by atoms with van der Waals surface area (Å²) < 4.78 is 0. The van der Waals surface area contributed by atoms with Crippen LogP contribution in [0.15, 0.2) is 97.2 Å². The SMILES string of the molecule is OC(CN(Cc1ccccc1)Cc1ccccc1)c1ccnc2ccccc12. The Balaban J connectivity index is 1.58. The molecule has 0 saturated heterocycles. The number of aliphatic hydroxyl groups excluding tert-OH is 1.